The molecule has 8 rings (SSSR count). The molecule has 2 unspecified atom stereocenters. The first-order valence-electron chi connectivity index (χ1n) is 23.8. The summed E-state index contributed by atoms with van der Waals surface area (Å²) in [5, 5.41) is 0. The zero-order chi connectivity index (χ0) is 42.8. The van der Waals surface area contributed by atoms with Gasteiger partial charge >= 0.3 is 377 Å². The van der Waals surface area contributed by atoms with E-state index >= 15 is 0 Å². The first-order valence-corrected chi connectivity index (χ1v) is 40.1. The van der Waals surface area contributed by atoms with Gasteiger partial charge in [0.15, 0.2) is 0 Å². The third-order valence-electron chi connectivity index (χ3n) is 15.6. The zero-order valence-corrected chi connectivity index (χ0v) is 43.8. The van der Waals surface area contributed by atoms with Crippen LogP contribution < -0.4 is 0 Å². The second-order valence-corrected chi connectivity index (χ2v) is 64.9. The molecule has 2 fully saturated rings. The molecule has 0 nitrogen and oxygen atoms in total. The van der Waals surface area contributed by atoms with Gasteiger partial charge in [0.05, 0.1) is 0 Å². The molecule has 0 spiro atoms. The number of hydrogen-bond donors (Lipinski definition) is 0. The molecule has 0 saturated heterocycles. The van der Waals surface area contributed by atoms with Gasteiger partial charge in [-0.3, -0.25) is 0 Å². The number of fused-ring (bicyclic) bond motifs is 2. The van der Waals surface area contributed by atoms with E-state index in [-0.39, 0.29) is 18.1 Å². The van der Waals surface area contributed by atoms with Crippen LogP contribution in [-0.2, 0) is 26.4 Å². The molecule has 60 heavy (non-hydrogen) atoms. The van der Waals surface area contributed by atoms with Crippen molar-refractivity contribution < 1.29 is 15.6 Å². The molecule has 4 heteroatoms. The molecule has 2 saturated carbocycles. The molecule has 2 atom stereocenters. The van der Waals surface area contributed by atoms with Gasteiger partial charge < -0.3 is 0 Å². The fourth-order valence-corrected chi connectivity index (χ4v) is 43.4. The molecular weight excluding hydrogens is 863 g/mol. The van der Waals surface area contributed by atoms with Gasteiger partial charge in [-0.25, -0.2) is 0 Å². The van der Waals surface area contributed by atoms with Crippen LogP contribution >= 0.6 is 17.0 Å². The Kier molecular flexibility index (Phi) is 12.6. The number of halogens is 2. The van der Waals surface area contributed by atoms with Gasteiger partial charge in [0.2, 0.25) is 0 Å². The van der Waals surface area contributed by atoms with E-state index in [9.17, 15) is 17.0 Å². The first kappa shape index (κ1) is 44.6. The van der Waals surface area contributed by atoms with E-state index in [2.05, 4.69) is 153 Å². The quantitative estimate of drug-likeness (QED) is 0.147. The normalized spacial score (nSPS) is 21.1. The summed E-state index contributed by atoms with van der Waals surface area (Å²) in [6.45, 7) is 23.6. The number of aryl methyl sites for hydroxylation is 2. The van der Waals surface area contributed by atoms with E-state index in [1.54, 1.807) is 11.1 Å². The van der Waals surface area contributed by atoms with Gasteiger partial charge in [0, 0.05) is 0 Å². The molecule has 4 aliphatic carbocycles. The third kappa shape index (κ3) is 8.41. The second-order valence-electron chi connectivity index (χ2n) is 22.4. The number of hydrogen-bond acceptors (Lipinski definition) is 0. The van der Waals surface area contributed by atoms with Crippen molar-refractivity contribution >= 4 is 35.1 Å². The van der Waals surface area contributed by atoms with Crippen LogP contribution in [0.2, 0.25) is 13.1 Å². The van der Waals surface area contributed by atoms with Crippen LogP contribution in [0.5, 0.6) is 0 Å². The average Bonchev–Trinajstić information content (AvgIpc) is 3.76. The van der Waals surface area contributed by atoms with Crippen molar-refractivity contribution in [2.45, 2.75) is 164 Å². The minimum atomic E-state index is -5.07. The van der Waals surface area contributed by atoms with Crippen LogP contribution in [0.15, 0.2) is 83.9 Å². The van der Waals surface area contributed by atoms with Crippen LogP contribution in [0.25, 0.3) is 34.4 Å². The van der Waals surface area contributed by atoms with Crippen LogP contribution in [-0.4, -0.2) is 5.92 Å². The van der Waals surface area contributed by atoms with Crippen LogP contribution in [0.3, 0.4) is 0 Å². The van der Waals surface area contributed by atoms with Crippen LogP contribution in [0.4, 0.5) is 0 Å². The molecule has 0 aromatic heterocycles. The van der Waals surface area contributed by atoms with Gasteiger partial charge in [-0.2, -0.15) is 0 Å². The molecule has 0 bridgehead atoms. The second kappa shape index (κ2) is 16.9. The van der Waals surface area contributed by atoms with Gasteiger partial charge in [-0.05, 0) is 0 Å². The maximum atomic E-state index is 9.22. The van der Waals surface area contributed by atoms with Gasteiger partial charge in [0.1, 0.15) is 0 Å². The fraction of sp³-hybridized carbons (Fsp3) is 0.500. The molecule has 0 amide bonds. The summed E-state index contributed by atoms with van der Waals surface area (Å²) in [4.78, 5) is 0. The number of rotatable bonds is 9. The predicted molar refractivity (Wildman–Crippen MR) is 265 cm³/mol. The first-order chi connectivity index (χ1) is 28.3. The summed E-state index contributed by atoms with van der Waals surface area (Å²) >= 11 is -5.07. The van der Waals surface area contributed by atoms with Gasteiger partial charge in [-0.1, -0.05) is 0 Å². The van der Waals surface area contributed by atoms with Crippen molar-refractivity contribution in [2.75, 3.05) is 0 Å². The minimum absolute atomic E-state index is 0.110. The monoisotopic (exact) mass is 933 g/mol. The van der Waals surface area contributed by atoms with E-state index in [0.717, 1.165) is 12.8 Å². The Morgan fingerprint density at radius 2 is 0.883 bits per heavy atom. The molecule has 4 aliphatic rings. The van der Waals surface area contributed by atoms with E-state index in [4.69, 9.17) is 0 Å². The Balaban J connectivity index is 1.34. The maximum absolute atomic E-state index is 9.22. The van der Waals surface area contributed by atoms with Crippen LogP contribution in [0, 0.1) is 25.7 Å². The Labute approximate surface area is 373 Å². The Hall–Kier alpha value is -1.96. The molecule has 4 aromatic carbocycles. The molecule has 4 aromatic rings. The van der Waals surface area contributed by atoms with Gasteiger partial charge in [0.25, 0.3) is 0 Å². The van der Waals surface area contributed by atoms with Gasteiger partial charge in [-0.15, -0.1) is 0 Å². The summed E-state index contributed by atoms with van der Waals surface area (Å²) < 4.78 is 0.234. The van der Waals surface area contributed by atoms with E-state index in [0.29, 0.717) is 11.8 Å². The summed E-state index contributed by atoms with van der Waals surface area (Å²) in [6, 6.07) is 28.9. The Morgan fingerprint density at radius 3 is 1.20 bits per heavy atom. The van der Waals surface area contributed by atoms with Crippen LogP contribution in [0.1, 0.15) is 170 Å². The standard InChI is InChI=1S/2C27H33.C2H7Si.2ClH.Zr/c2*1-19-14-23-17-21(16-20-8-6-5-7-9-20)18-26(23)25(15-19)22-10-12-24(13-11-22)27(2,3)4;1-3-2;;;/h2*10-15,17-18,20H,5-9,16H2,1-4H3;3H,1-2H3;2*1H;/q;;;;;+2/p-2. The molecule has 0 heterocycles. The van der Waals surface area contributed by atoms with Crippen molar-refractivity contribution in [1.29, 1.82) is 0 Å². The van der Waals surface area contributed by atoms with Crippen molar-refractivity contribution in [2.24, 2.45) is 11.8 Å². The number of allylic oxidation sites excluding steroid dienone is 2. The molecule has 0 aliphatic heterocycles. The SMILES string of the molecule is Cc1cc(-c2ccc(C(C)(C)C)cc2)c2c(c1)[CH]([Zr]([Cl])([Cl])([CH]1C(CC3CCCCC3)=Cc3c(-c4ccc(C(C)(C)C)cc4)cc(C)cc31)[SiH](C)C)C(CC1CCCCC1)=C2. The van der Waals surface area contributed by atoms with E-state index in [1.807, 2.05) is 0 Å². The topological polar surface area (TPSA) is 0 Å². The van der Waals surface area contributed by atoms with E-state index in [1.165, 1.54) is 131 Å². The summed E-state index contributed by atoms with van der Waals surface area (Å²) in [5.74, 6) is -0.322. The summed E-state index contributed by atoms with van der Waals surface area (Å²) in [5.41, 5.74) is 19.8. The summed E-state index contributed by atoms with van der Waals surface area (Å²) in [6.07, 6.45) is 21.0. The Bertz CT molecular complexity index is 2130. The molecule has 319 valence electrons. The fourth-order valence-electron chi connectivity index (χ4n) is 12.1. The number of benzene rings is 4. The van der Waals surface area contributed by atoms with Crippen molar-refractivity contribution in [3.8, 4) is 22.3 Å². The molecular formula is C56H73Cl2SiZr. The average molecular weight is 936 g/mol. The third-order valence-corrected chi connectivity index (χ3v) is 67.4. The molecule has 0 radical (unpaired) electrons. The van der Waals surface area contributed by atoms with E-state index < -0.39 is 21.5 Å². The summed E-state index contributed by atoms with van der Waals surface area (Å²) in [7, 11) is 18.4. The van der Waals surface area contributed by atoms with Crippen molar-refractivity contribution in [3.63, 3.8) is 0 Å². The Morgan fingerprint density at radius 1 is 0.533 bits per heavy atom. The predicted octanol–water partition coefficient (Wildman–Crippen LogP) is 17.7. The van der Waals surface area contributed by atoms with Crippen molar-refractivity contribution in [3.05, 3.63) is 128 Å². The zero-order valence-electron chi connectivity index (χ0n) is 38.7. The molecule has 0 N–H and O–H groups in total. The van der Waals surface area contributed by atoms with Crippen molar-refractivity contribution in [1.82, 2.24) is 0 Å².